The van der Waals surface area contributed by atoms with Crippen LogP contribution in [0.1, 0.15) is 46.2 Å². The van der Waals surface area contributed by atoms with Crippen molar-refractivity contribution in [1.29, 1.82) is 0 Å². The molecule has 0 radical (unpaired) electrons. The van der Waals surface area contributed by atoms with Gasteiger partial charge in [-0.15, -0.1) is 0 Å². The largest absolute Gasteiger partial charge is 0.465 e. The lowest BCUT2D eigenvalue weighted by molar-refractivity contribution is 0.0596. The highest BCUT2D eigenvalue weighted by molar-refractivity contribution is 5.98. The number of para-hydroxylation sites is 1. The van der Waals surface area contributed by atoms with Crippen molar-refractivity contribution in [3.8, 4) is 0 Å². The fourth-order valence-electron chi connectivity index (χ4n) is 4.29. The topological polar surface area (TPSA) is 47.4 Å². The number of aromatic nitrogens is 2. The van der Waals surface area contributed by atoms with Crippen LogP contribution in [0.2, 0.25) is 0 Å². The zero-order valence-corrected chi connectivity index (χ0v) is 16.1. The lowest BCUT2D eigenvalue weighted by Crippen LogP contribution is -2.26. The molecule has 1 saturated heterocycles. The number of pyridine rings is 1. The molecule has 0 spiro atoms. The van der Waals surface area contributed by atoms with Gasteiger partial charge in [-0.3, -0.25) is 9.88 Å². The van der Waals surface area contributed by atoms with Crippen molar-refractivity contribution in [3.63, 3.8) is 0 Å². The number of likely N-dealkylation sites (tertiary alicyclic amines) is 1. The van der Waals surface area contributed by atoms with Crippen molar-refractivity contribution in [2.45, 2.75) is 32.4 Å². The number of fused-ring (bicyclic) bond motifs is 1. The third-order valence-electron chi connectivity index (χ3n) is 5.66. The second kappa shape index (κ2) is 7.16. The second-order valence-corrected chi connectivity index (χ2v) is 7.24. The molecule has 5 nitrogen and oxygen atoms in total. The number of aryl methyl sites for hydroxylation is 2. The zero-order chi connectivity index (χ0) is 19.0. The molecule has 27 heavy (non-hydrogen) atoms. The quantitative estimate of drug-likeness (QED) is 0.657. The van der Waals surface area contributed by atoms with Gasteiger partial charge in [0.1, 0.15) is 0 Å². The van der Waals surface area contributed by atoms with Gasteiger partial charge in [0.15, 0.2) is 0 Å². The first-order chi connectivity index (χ1) is 13.1. The van der Waals surface area contributed by atoms with E-state index in [0.29, 0.717) is 18.2 Å². The standard InChI is InChI=1S/C22H25N3O2/c1-15-16-8-4-5-9-17(16)23-18(21(15)22(26)27-3)14-25-13-7-11-20(25)19-10-6-12-24(19)2/h4-6,8-10,12,20H,7,11,13-14H2,1-3H3/t20-/m1/s1. The number of ether oxygens (including phenoxy) is 1. The Balaban J connectivity index is 1.76. The van der Waals surface area contributed by atoms with E-state index in [2.05, 4.69) is 34.8 Å². The third kappa shape index (κ3) is 3.12. The van der Waals surface area contributed by atoms with Gasteiger partial charge in [0, 0.05) is 30.9 Å². The Morgan fingerprint density at radius 2 is 2.07 bits per heavy atom. The van der Waals surface area contributed by atoms with E-state index in [-0.39, 0.29) is 5.97 Å². The third-order valence-corrected chi connectivity index (χ3v) is 5.66. The van der Waals surface area contributed by atoms with Gasteiger partial charge in [-0.25, -0.2) is 4.79 Å². The molecule has 140 valence electrons. The van der Waals surface area contributed by atoms with Gasteiger partial charge in [-0.2, -0.15) is 0 Å². The maximum atomic E-state index is 12.6. The van der Waals surface area contributed by atoms with Crippen molar-refractivity contribution in [2.24, 2.45) is 7.05 Å². The smallest absolute Gasteiger partial charge is 0.340 e. The summed E-state index contributed by atoms with van der Waals surface area (Å²) < 4.78 is 7.27. The van der Waals surface area contributed by atoms with Gasteiger partial charge in [0.2, 0.25) is 0 Å². The Hall–Kier alpha value is -2.66. The van der Waals surface area contributed by atoms with Crippen LogP contribution in [0.4, 0.5) is 0 Å². The van der Waals surface area contributed by atoms with Crippen LogP contribution in [0.3, 0.4) is 0 Å². The van der Waals surface area contributed by atoms with Gasteiger partial charge in [-0.05, 0) is 50.1 Å². The minimum atomic E-state index is -0.310. The first-order valence-electron chi connectivity index (χ1n) is 9.42. The van der Waals surface area contributed by atoms with E-state index in [1.54, 1.807) is 0 Å². The molecule has 1 aromatic carbocycles. The lowest BCUT2D eigenvalue weighted by Gasteiger charge is -2.26. The molecule has 3 heterocycles. The molecule has 0 saturated carbocycles. The summed E-state index contributed by atoms with van der Waals surface area (Å²) in [7, 11) is 3.52. The molecular formula is C22H25N3O2. The van der Waals surface area contributed by atoms with E-state index in [1.165, 1.54) is 12.8 Å². The fraction of sp³-hybridized carbons (Fsp3) is 0.364. The number of esters is 1. The van der Waals surface area contributed by atoms with Crippen molar-refractivity contribution in [2.75, 3.05) is 13.7 Å². The van der Waals surface area contributed by atoms with Crippen LogP contribution in [0.25, 0.3) is 10.9 Å². The van der Waals surface area contributed by atoms with Crippen molar-refractivity contribution < 1.29 is 9.53 Å². The summed E-state index contributed by atoms with van der Waals surface area (Å²) in [5.41, 5.74) is 4.59. The van der Waals surface area contributed by atoms with E-state index in [4.69, 9.17) is 9.72 Å². The highest BCUT2D eigenvalue weighted by Gasteiger charge is 2.30. The Kier molecular flexibility index (Phi) is 4.70. The summed E-state index contributed by atoms with van der Waals surface area (Å²) in [6, 6.07) is 12.6. The fourth-order valence-corrected chi connectivity index (χ4v) is 4.29. The van der Waals surface area contributed by atoms with Gasteiger partial charge in [-0.1, -0.05) is 18.2 Å². The van der Waals surface area contributed by atoms with E-state index < -0.39 is 0 Å². The SMILES string of the molecule is COC(=O)c1c(CN2CCC[C@@H]2c2cccn2C)nc2ccccc2c1C. The summed E-state index contributed by atoms with van der Waals surface area (Å²) in [4.78, 5) is 19.8. The van der Waals surface area contributed by atoms with Crippen LogP contribution < -0.4 is 0 Å². The Labute approximate surface area is 159 Å². The predicted molar refractivity (Wildman–Crippen MR) is 106 cm³/mol. The number of benzene rings is 1. The first-order valence-corrected chi connectivity index (χ1v) is 9.42. The number of rotatable bonds is 4. The molecule has 5 heteroatoms. The van der Waals surface area contributed by atoms with Gasteiger partial charge < -0.3 is 9.30 Å². The van der Waals surface area contributed by atoms with E-state index in [1.807, 2.05) is 31.2 Å². The van der Waals surface area contributed by atoms with E-state index >= 15 is 0 Å². The molecule has 1 atom stereocenters. The summed E-state index contributed by atoms with van der Waals surface area (Å²) in [5, 5.41) is 1.00. The molecular weight excluding hydrogens is 338 g/mol. The number of carbonyl (C=O) groups is 1. The number of hydrogen-bond donors (Lipinski definition) is 0. The molecule has 1 aliphatic rings. The minimum Gasteiger partial charge on any atom is -0.465 e. The number of nitrogens with zero attached hydrogens (tertiary/aromatic N) is 3. The summed E-state index contributed by atoms with van der Waals surface area (Å²) in [6.07, 6.45) is 4.36. The molecule has 1 aliphatic heterocycles. The van der Waals surface area contributed by atoms with Crippen LogP contribution in [0.5, 0.6) is 0 Å². The molecule has 1 fully saturated rings. The normalized spacial score (nSPS) is 17.5. The lowest BCUT2D eigenvalue weighted by atomic mass is 10.0. The first kappa shape index (κ1) is 17.7. The highest BCUT2D eigenvalue weighted by atomic mass is 16.5. The maximum Gasteiger partial charge on any atom is 0.340 e. The summed E-state index contributed by atoms with van der Waals surface area (Å²) >= 11 is 0. The summed E-state index contributed by atoms with van der Waals surface area (Å²) in [5.74, 6) is -0.310. The molecule has 0 unspecified atom stereocenters. The Bertz CT molecular complexity index is 992. The van der Waals surface area contributed by atoms with Gasteiger partial charge in [0.05, 0.1) is 29.9 Å². The number of methoxy groups -OCH3 is 1. The molecule has 0 N–H and O–H groups in total. The minimum absolute atomic E-state index is 0.310. The van der Waals surface area contributed by atoms with Crippen LogP contribution in [0.15, 0.2) is 42.6 Å². The number of hydrogen-bond acceptors (Lipinski definition) is 4. The molecule has 0 amide bonds. The Morgan fingerprint density at radius 3 is 2.81 bits per heavy atom. The van der Waals surface area contributed by atoms with Gasteiger partial charge in [0.25, 0.3) is 0 Å². The number of carbonyl (C=O) groups excluding carboxylic acids is 1. The molecule has 2 aromatic heterocycles. The molecule has 3 aromatic rings. The van der Waals surface area contributed by atoms with Crippen LogP contribution in [-0.2, 0) is 18.3 Å². The average molecular weight is 363 g/mol. The predicted octanol–water partition coefficient (Wildman–Crippen LogP) is 4.01. The monoisotopic (exact) mass is 363 g/mol. The highest BCUT2D eigenvalue weighted by Crippen LogP contribution is 2.34. The van der Waals surface area contributed by atoms with Crippen LogP contribution in [-0.4, -0.2) is 34.1 Å². The zero-order valence-electron chi connectivity index (χ0n) is 16.1. The summed E-state index contributed by atoms with van der Waals surface area (Å²) in [6.45, 7) is 3.63. The molecule has 0 bridgehead atoms. The molecule has 4 rings (SSSR count). The molecule has 0 aliphatic carbocycles. The van der Waals surface area contributed by atoms with Crippen LogP contribution >= 0.6 is 0 Å². The second-order valence-electron chi connectivity index (χ2n) is 7.24. The van der Waals surface area contributed by atoms with Crippen molar-refractivity contribution >= 4 is 16.9 Å². The Morgan fingerprint density at radius 1 is 1.26 bits per heavy atom. The van der Waals surface area contributed by atoms with Crippen molar-refractivity contribution in [3.05, 3.63) is 65.1 Å². The van der Waals surface area contributed by atoms with E-state index in [0.717, 1.165) is 41.5 Å². The maximum absolute atomic E-state index is 12.6. The van der Waals surface area contributed by atoms with Crippen LogP contribution in [0, 0.1) is 6.92 Å². The van der Waals surface area contributed by atoms with E-state index in [9.17, 15) is 4.79 Å². The average Bonchev–Trinajstić information content (AvgIpc) is 3.30. The van der Waals surface area contributed by atoms with Crippen molar-refractivity contribution in [1.82, 2.24) is 14.5 Å². The van der Waals surface area contributed by atoms with Gasteiger partial charge >= 0.3 is 5.97 Å².